The summed E-state index contributed by atoms with van der Waals surface area (Å²) in [6, 6.07) is 8.36. The van der Waals surface area contributed by atoms with Crippen molar-refractivity contribution in [3.8, 4) is 0 Å². The molecule has 102 valence electrons. The molecule has 6 N–H and O–H groups in total. The van der Waals surface area contributed by atoms with Crippen molar-refractivity contribution in [3.05, 3.63) is 35.4 Å². The van der Waals surface area contributed by atoms with Gasteiger partial charge in [-0.1, -0.05) is 24.3 Å². The number of nitrogens with two attached hydrogens (primary N) is 3. The van der Waals surface area contributed by atoms with Crippen molar-refractivity contribution in [2.24, 2.45) is 0 Å². The van der Waals surface area contributed by atoms with Crippen LogP contribution in [0.15, 0.2) is 24.3 Å². The largest absolute Gasteiger partial charge is 0.368 e. The lowest BCUT2D eigenvalue weighted by Crippen LogP contribution is -2.05. The number of hydrogen-bond acceptors (Lipinski definition) is 7. The summed E-state index contributed by atoms with van der Waals surface area (Å²) in [6.07, 6.45) is 0. The number of rotatable bonds is 0. The number of nitrogen functional groups attached to an aromatic ring is 3. The van der Waals surface area contributed by atoms with Gasteiger partial charge < -0.3 is 22.0 Å². The fourth-order valence-corrected chi connectivity index (χ4v) is 1.09. The van der Waals surface area contributed by atoms with E-state index >= 15 is 0 Å². The Morgan fingerprint density at radius 2 is 1.05 bits per heavy atom. The van der Waals surface area contributed by atoms with Crippen molar-refractivity contribution in [1.82, 2.24) is 15.0 Å². The maximum atomic E-state index is 8.00. The first kappa shape index (κ1) is 16.3. The molecule has 7 nitrogen and oxygen atoms in total. The second-order valence-electron chi connectivity index (χ2n) is 3.49. The number of carbonyl (C=O) groups is 1. The van der Waals surface area contributed by atoms with E-state index in [1.165, 1.54) is 11.1 Å². The van der Waals surface area contributed by atoms with Crippen LogP contribution in [0.2, 0.25) is 0 Å². The standard InChI is InChI=1S/C8H10.C3H6N6.CH2O/c1-7-5-3-4-6-8(7)2;4-1-7-2(5)9-3(6)8-1;1-2/h3-6H,1-2H3;(H6,4,5,6,7,8,9);1H2. The number of aryl methyl sites for hydroxylation is 2. The van der Waals surface area contributed by atoms with Crippen LogP contribution in [0.4, 0.5) is 17.8 Å². The van der Waals surface area contributed by atoms with Crippen molar-refractivity contribution in [2.75, 3.05) is 17.2 Å². The minimum absolute atomic E-state index is 0.0417. The molecule has 7 heteroatoms. The zero-order valence-electron chi connectivity index (χ0n) is 11.0. The molecule has 0 amide bonds. The van der Waals surface area contributed by atoms with Gasteiger partial charge in [0.15, 0.2) is 0 Å². The van der Waals surface area contributed by atoms with E-state index in [0.717, 1.165) is 0 Å². The van der Waals surface area contributed by atoms with Gasteiger partial charge in [-0.15, -0.1) is 0 Å². The third kappa shape index (κ3) is 6.57. The molecule has 0 bridgehead atoms. The summed E-state index contributed by atoms with van der Waals surface area (Å²) in [5, 5.41) is 0. The number of anilines is 3. The van der Waals surface area contributed by atoms with E-state index < -0.39 is 0 Å². The van der Waals surface area contributed by atoms with Crippen LogP contribution in [-0.2, 0) is 4.79 Å². The molecule has 1 aromatic heterocycles. The number of aromatic nitrogens is 3. The predicted octanol–water partition coefficient (Wildman–Crippen LogP) is 0.737. The molecular weight excluding hydrogens is 244 g/mol. The Balaban J connectivity index is 0.000000303. The molecular formula is C12H18N6O. The Morgan fingerprint density at radius 3 is 1.26 bits per heavy atom. The lowest BCUT2D eigenvalue weighted by Gasteiger charge is -1.93. The zero-order chi connectivity index (χ0) is 14.8. The molecule has 2 aromatic rings. The summed E-state index contributed by atoms with van der Waals surface area (Å²) in [4.78, 5) is 18.5. The molecule has 0 aliphatic carbocycles. The number of benzene rings is 1. The van der Waals surface area contributed by atoms with Gasteiger partial charge in [0.1, 0.15) is 6.79 Å². The summed E-state index contributed by atoms with van der Waals surface area (Å²) in [6.45, 7) is 6.24. The normalized spacial score (nSPS) is 8.53. The number of nitrogens with zero attached hydrogens (tertiary/aromatic N) is 3. The van der Waals surface area contributed by atoms with Crippen molar-refractivity contribution in [2.45, 2.75) is 13.8 Å². The third-order valence-electron chi connectivity index (χ3n) is 2.11. The van der Waals surface area contributed by atoms with Crippen LogP contribution in [-0.4, -0.2) is 21.7 Å². The molecule has 0 spiro atoms. The Kier molecular flexibility index (Phi) is 7.21. The van der Waals surface area contributed by atoms with Crippen molar-refractivity contribution >= 4 is 24.6 Å². The van der Waals surface area contributed by atoms with Crippen LogP contribution in [0.3, 0.4) is 0 Å². The van der Waals surface area contributed by atoms with Gasteiger partial charge in [-0.2, -0.15) is 15.0 Å². The summed E-state index contributed by atoms with van der Waals surface area (Å²) < 4.78 is 0. The van der Waals surface area contributed by atoms with Gasteiger partial charge in [-0.25, -0.2) is 0 Å². The molecule has 1 aromatic carbocycles. The van der Waals surface area contributed by atoms with E-state index in [0.29, 0.717) is 0 Å². The number of carbonyl (C=O) groups excluding carboxylic acids is 1. The van der Waals surface area contributed by atoms with Gasteiger partial charge >= 0.3 is 0 Å². The van der Waals surface area contributed by atoms with Crippen molar-refractivity contribution in [1.29, 1.82) is 0 Å². The molecule has 2 rings (SSSR count). The van der Waals surface area contributed by atoms with Gasteiger partial charge in [-0.05, 0) is 25.0 Å². The summed E-state index contributed by atoms with van der Waals surface area (Å²) in [5.41, 5.74) is 18.1. The van der Waals surface area contributed by atoms with E-state index in [-0.39, 0.29) is 17.8 Å². The van der Waals surface area contributed by atoms with E-state index in [4.69, 9.17) is 22.0 Å². The molecule has 1 heterocycles. The van der Waals surface area contributed by atoms with Crippen LogP contribution in [0, 0.1) is 13.8 Å². The van der Waals surface area contributed by atoms with Gasteiger partial charge in [0.05, 0.1) is 0 Å². The molecule has 0 saturated carbocycles. The summed E-state index contributed by atoms with van der Waals surface area (Å²) in [5.74, 6) is 0.125. The average molecular weight is 262 g/mol. The highest BCUT2D eigenvalue weighted by molar-refractivity contribution is 5.33. The lowest BCUT2D eigenvalue weighted by molar-refractivity contribution is -0.0979. The third-order valence-corrected chi connectivity index (χ3v) is 2.11. The van der Waals surface area contributed by atoms with Gasteiger partial charge in [0, 0.05) is 0 Å². The molecule has 0 aliphatic rings. The molecule has 0 radical (unpaired) electrons. The molecule has 0 saturated heterocycles. The monoisotopic (exact) mass is 262 g/mol. The van der Waals surface area contributed by atoms with Crippen LogP contribution in [0.5, 0.6) is 0 Å². The van der Waals surface area contributed by atoms with Crippen molar-refractivity contribution < 1.29 is 4.79 Å². The lowest BCUT2D eigenvalue weighted by atomic mass is 10.1. The Morgan fingerprint density at radius 1 is 0.789 bits per heavy atom. The van der Waals surface area contributed by atoms with E-state index in [1.54, 1.807) is 0 Å². The quantitative estimate of drug-likeness (QED) is 0.637. The highest BCUT2D eigenvalue weighted by Gasteiger charge is 1.93. The summed E-state index contributed by atoms with van der Waals surface area (Å²) in [7, 11) is 0. The smallest absolute Gasteiger partial charge is 0.226 e. The average Bonchev–Trinajstić information content (AvgIpc) is 2.34. The molecule has 0 fully saturated rings. The van der Waals surface area contributed by atoms with Crippen LogP contribution in [0.25, 0.3) is 0 Å². The molecule has 0 aliphatic heterocycles. The van der Waals surface area contributed by atoms with Crippen LogP contribution in [0.1, 0.15) is 11.1 Å². The van der Waals surface area contributed by atoms with Crippen molar-refractivity contribution in [3.63, 3.8) is 0 Å². The van der Waals surface area contributed by atoms with Gasteiger partial charge in [-0.3, -0.25) is 0 Å². The Bertz CT molecular complexity index is 446. The zero-order valence-corrected chi connectivity index (χ0v) is 11.0. The minimum Gasteiger partial charge on any atom is -0.368 e. The molecule has 0 unspecified atom stereocenters. The predicted molar refractivity (Wildman–Crippen MR) is 76.1 cm³/mol. The fraction of sp³-hybridized carbons (Fsp3) is 0.167. The topological polar surface area (TPSA) is 134 Å². The number of hydrogen-bond donors (Lipinski definition) is 3. The molecule has 19 heavy (non-hydrogen) atoms. The highest BCUT2D eigenvalue weighted by Crippen LogP contribution is 2.02. The summed E-state index contributed by atoms with van der Waals surface area (Å²) >= 11 is 0. The maximum Gasteiger partial charge on any atom is 0.226 e. The Labute approximate surface area is 111 Å². The van der Waals surface area contributed by atoms with E-state index in [2.05, 4.69) is 53.1 Å². The Hall–Kier alpha value is -2.70. The second kappa shape index (κ2) is 8.40. The second-order valence-corrected chi connectivity index (χ2v) is 3.49. The highest BCUT2D eigenvalue weighted by atomic mass is 16.1. The fourth-order valence-electron chi connectivity index (χ4n) is 1.09. The first-order valence-corrected chi connectivity index (χ1v) is 5.32. The molecule has 0 atom stereocenters. The maximum absolute atomic E-state index is 8.00. The van der Waals surface area contributed by atoms with Crippen LogP contribution < -0.4 is 17.2 Å². The van der Waals surface area contributed by atoms with Crippen LogP contribution >= 0.6 is 0 Å². The van der Waals surface area contributed by atoms with Gasteiger partial charge in [0.25, 0.3) is 0 Å². The SMILES string of the molecule is C=O.Cc1ccccc1C.Nc1nc(N)nc(N)n1. The first-order chi connectivity index (χ1) is 8.99. The minimum atomic E-state index is 0.0417. The first-order valence-electron chi connectivity index (χ1n) is 5.32. The van der Waals surface area contributed by atoms with E-state index in [9.17, 15) is 0 Å². The van der Waals surface area contributed by atoms with Gasteiger partial charge in [0.2, 0.25) is 17.8 Å². The van der Waals surface area contributed by atoms with E-state index in [1.807, 2.05) is 6.79 Å².